The lowest BCUT2D eigenvalue weighted by molar-refractivity contribution is 0.0891. The molecule has 0 bridgehead atoms. The number of nitrogens with two attached hydrogens (primary N) is 1. The van der Waals surface area contributed by atoms with Crippen molar-refractivity contribution in [3.8, 4) is 0 Å². The van der Waals surface area contributed by atoms with Gasteiger partial charge in [-0.05, 0) is 37.8 Å². The molecule has 1 aromatic rings. The topological polar surface area (TPSA) is 42.2 Å². The molecule has 0 aliphatic carbocycles. The molecule has 2 rings (SSSR count). The molecule has 2 atom stereocenters. The average Bonchev–Trinajstić information content (AvgIpc) is 2.32. The molecule has 2 heterocycles. The van der Waals surface area contributed by atoms with Gasteiger partial charge < -0.3 is 5.73 Å². The van der Waals surface area contributed by atoms with Crippen molar-refractivity contribution in [2.75, 3.05) is 6.54 Å². The molecule has 94 valence electrons. The minimum atomic E-state index is 0.541. The molecule has 2 N–H and O–H groups in total. The van der Waals surface area contributed by atoms with Crippen molar-refractivity contribution in [2.45, 2.75) is 51.7 Å². The standard InChI is InChI=1S/C14H23N3/c1-11-6-13(9-16-8-11)10-17-12(2)4-3-5-14(17)7-15/h6,8-9,12,14H,3-5,7,10,15H2,1-2H3. The van der Waals surface area contributed by atoms with Crippen LogP contribution in [0.5, 0.6) is 0 Å². The lowest BCUT2D eigenvalue weighted by Gasteiger charge is -2.40. The fraction of sp³-hybridized carbons (Fsp3) is 0.643. The molecule has 1 saturated heterocycles. The van der Waals surface area contributed by atoms with Gasteiger partial charge in [0.2, 0.25) is 0 Å². The quantitative estimate of drug-likeness (QED) is 0.869. The summed E-state index contributed by atoms with van der Waals surface area (Å²) in [5.74, 6) is 0. The molecule has 3 heteroatoms. The zero-order valence-corrected chi connectivity index (χ0v) is 10.9. The number of likely N-dealkylation sites (tertiary alicyclic amines) is 1. The monoisotopic (exact) mass is 233 g/mol. The molecule has 17 heavy (non-hydrogen) atoms. The summed E-state index contributed by atoms with van der Waals surface area (Å²) in [4.78, 5) is 6.81. The molecule has 3 nitrogen and oxygen atoms in total. The van der Waals surface area contributed by atoms with Crippen molar-refractivity contribution < 1.29 is 0 Å². The summed E-state index contributed by atoms with van der Waals surface area (Å²) < 4.78 is 0. The van der Waals surface area contributed by atoms with Crippen LogP contribution in [0, 0.1) is 6.92 Å². The van der Waals surface area contributed by atoms with Crippen molar-refractivity contribution in [1.82, 2.24) is 9.88 Å². The van der Waals surface area contributed by atoms with E-state index in [0.717, 1.165) is 13.1 Å². The maximum absolute atomic E-state index is 5.88. The van der Waals surface area contributed by atoms with Crippen molar-refractivity contribution in [3.63, 3.8) is 0 Å². The molecule has 1 aliphatic heterocycles. The van der Waals surface area contributed by atoms with Crippen LogP contribution in [0.25, 0.3) is 0 Å². The first-order valence-corrected chi connectivity index (χ1v) is 6.57. The Labute approximate surface area is 104 Å². The number of rotatable bonds is 3. The summed E-state index contributed by atoms with van der Waals surface area (Å²) in [6.45, 7) is 6.16. The van der Waals surface area contributed by atoms with E-state index in [2.05, 4.69) is 29.8 Å². The lowest BCUT2D eigenvalue weighted by atomic mass is 9.96. The summed E-state index contributed by atoms with van der Waals surface area (Å²) in [6.07, 6.45) is 7.72. The highest BCUT2D eigenvalue weighted by Crippen LogP contribution is 2.24. The number of aromatic nitrogens is 1. The minimum absolute atomic E-state index is 0.541. The van der Waals surface area contributed by atoms with E-state index < -0.39 is 0 Å². The first-order chi connectivity index (χ1) is 8.20. The van der Waals surface area contributed by atoms with E-state index >= 15 is 0 Å². The second-order valence-corrected chi connectivity index (χ2v) is 5.21. The molecule has 1 fully saturated rings. The van der Waals surface area contributed by atoms with Crippen molar-refractivity contribution >= 4 is 0 Å². The van der Waals surface area contributed by atoms with Crippen LogP contribution < -0.4 is 5.73 Å². The van der Waals surface area contributed by atoms with E-state index in [9.17, 15) is 0 Å². The van der Waals surface area contributed by atoms with Gasteiger partial charge in [-0.2, -0.15) is 0 Å². The molecular weight excluding hydrogens is 210 g/mol. The summed E-state index contributed by atoms with van der Waals surface area (Å²) in [5.41, 5.74) is 8.42. The van der Waals surface area contributed by atoms with E-state index in [0.29, 0.717) is 12.1 Å². The SMILES string of the molecule is Cc1cncc(CN2C(C)CCCC2CN)c1. The molecule has 2 unspecified atom stereocenters. The molecule has 1 aromatic heterocycles. The summed E-state index contributed by atoms with van der Waals surface area (Å²) >= 11 is 0. The fourth-order valence-corrected chi connectivity index (χ4v) is 2.79. The Hall–Kier alpha value is -0.930. The van der Waals surface area contributed by atoms with E-state index in [4.69, 9.17) is 5.73 Å². The predicted octanol–water partition coefficient (Wildman–Crippen LogP) is 2.09. The van der Waals surface area contributed by atoms with Crippen molar-refractivity contribution in [1.29, 1.82) is 0 Å². The van der Waals surface area contributed by atoms with E-state index in [1.807, 2.05) is 12.4 Å². The molecule has 0 radical (unpaired) electrons. The number of hydrogen-bond donors (Lipinski definition) is 1. The maximum atomic E-state index is 5.88. The Bertz CT molecular complexity index is 364. The van der Waals surface area contributed by atoms with Gasteiger partial charge in [-0.15, -0.1) is 0 Å². The molecule has 0 amide bonds. The van der Waals surface area contributed by atoms with Gasteiger partial charge in [0.15, 0.2) is 0 Å². The predicted molar refractivity (Wildman–Crippen MR) is 70.7 cm³/mol. The molecule has 0 spiro atoms. The van der Waals surface area contributed by atoms with Crippen LogP contribution in [0.1, 0.15) is 37.3 Å². The largest absolute Gasteiger partial charge is 0.329 e. The van der Waals surface area contributed by atoms with E-state index in [1.165, 1.54) is 30.4 Å². The number of piperidine rings is 1. The number of pyridine rings is 1. The lowest BCUT2D eigenvalue weighted by Crippen LogP contribution is -2.48. The van der Waals surface area contributed by atoms with Gasteiger partial charge in [-0.3, -0.25) is 9.88 Å². The Morgan fingerprint density at radius 1 is 1.41 bits per heavy atom. The molecule has 0 saturated carbocycles. The van der Waals surface area contributed by atoms with Gasteiger partial charge in [-0.1, -0.05) is 12.5 Å². The average molecular weight is 233 g/mol. The molecule has 0 aromatic carbocycles. The number of nitrogens with zero attached hydrogens (tertiary/aromatic N) is 2. The van der Waals surface area contributed by atoms with Crippen LogP contribution >= 0.6 is 0 Å². The zero-order valence-electron chi connectivity index (χ0n) is 10.9. The highest BCUT2D eigenvalue weighted by molar-refractivity contribution is 5.16. The van der Waals surface area contributed by atoms with Gasteiger partial charge >= 0.3 is 0 Å². The smallest absolute Gasteiger partial charge is 0.0313 e. The van der Waals surface area contributed by atoms with Crippen molar-refractivity contribution in [3.05, 3.63) is 29.6 Å². The van der Waals surface area contributed by atoms with Crippen LogP contribution in [0.3, 0.4) is 0 Å². The first-order valence-electron chi connectivity index (χ1n) is 6.57. The molecular formula is C14H23N3. The van der Waals surface area contributed by atoms with Crippen LogP contribution in [-0.2, 0) is 6.54 Å². The van der Waals surface area contributed by atoms with E-state index in [-0.39, 0.29) is 0 Å². The second kappa shape index (κ2) is 5.61. The van der Waals surface area contributed by atoms with Gasteiger partial charge in [0.05, 0.1) is 0 Å². The Kier molecular flexibility index (Phi) is 4.13. The van der Waals surface area contributed by atoms with Gasteiger partial charge in [0, 0.05) is 37.6 Å². The number of aryl methyl sites for hydroxylation is 1. The Morgan fingerprint density at radius 3 is 2.94 bits per heavy atom. The summed E-state index contributed by atoms with van der Waals surface area (Å²) in [6, 6.07) is 3.40. The first kappa shape index (κ1) is 12.5. The van der Waals surface area contributed by atoms with E-state index in [1.54, 1.807) is 0 Å². The van der Waals surface area contributed by atoms with Gasteiger partial charge in [0.1, 0.15) is 0 Å². The maximum Gasteiger partial charge on any atom is 0.0313 e. The fourth-order valence-electron chi connectivity index (χ4n) is 2.79. The zero-order chi connectivity index (χ0) is 12.3. The summed E-state index contributed by atoms with van der Waals surface area (Å²) in [7, 11) is 0. The summed E-state index contributed by atoms with van der Waals surface area (Å²) in [5, 5.41) is 0. The second-order valence-electron chi connectivity index (χ2n) is 5.21. The highest BCUT2D eigenvalue weighted by atomic mass is 15.2. The third-order valence-electron chi connectivity index (χ3n) is 3.76. The third kappa shape index (κ3) is 3.05. The van der Waals surface area contributed by atoms with Crippen LogP contribution in [0.2, 0.25) is 0 Å². The van der Waals surface area contributed by atoms with Crippen molar-refractivity contribution in [2.24, 2.45) is 5.73 Å². The van der Waals surface area contributed by atoms with Crippen LogP contribution in [0.15, 0.2) is 18.5 Å². The highest BCUT2D eigenvalue weighted by Gasteiger charge is 2.26. The number of hydrogen-bond acceptors (Lipinski definition) is 3. The Balaban J connectivity index is 2.09. The van der Waals surface area contributed by atoms with Crippen LogP contribution in [-0.4, -0.2) is 28.5 Å². The normalized spacial score (nSPS) is 26.1. The minimum Gasteiger partial charge on any atom is -0.329 e. The third-order valence-corrected chi connectivity index (χ3v) is 3.76. The Morgan fingerprint density at radius 2 is 2.24 bits per heavy atom. The molecule has 1 aliphatic rings. The van der Waals surface area contributed by atoms with Gasteiger partial charge in [-0.25, -0.2) is 0 Å². The van der Waals surface area contributed by atoms with Gasteiger partial charge in [0.25, 0.3) is 0 Å². The van der Waals surface area contributed by atoms with Crippen LogP contribution in [0.4, 0.5) is 0 Å².